The summed E-state index contributed by atoms with van der Waals surface area (Å²) in [4.78, 5) is 24.2. The van der Waals surface area contributed by atoms with Crippen LogP contribution in [0, 0.1) is 11.8 Å². The second-order valence-corrected chi connectivity index (χ2v) is 8.18. The predicted molar refractivity (Wildman–Crippen MR) is 99.0 cm³/mol. The number of nitrogens with one attached hydrogen (secondary N) is 2. The summed E-state index contributed by atoms with van der Waals surface area (Å²) in [5.41, 5.74) is 5.52. The van der Waals surface area contributed by atoms with Crippen molar-refractivity contribution in [3.05, 3.63) is 0 Å². The third-order valence-electron chi connectivity index (χ3n) is 5.13. The van der Waals surface area contributed by atoms with Crippen molar-refractivity contribution < 1.29 is 9.59 Å². The van der Waals surface area contributed by atoms with Gasteiger partial charge in [0.2, 0.25) is 11.8 Å². The van der Waals surface area contributed by atoms with Gasteiger partial charge in [0.05, 0.1) is 0 Å². The molecule has 2 fully saturated rings. The molecule has 6 heteroatoms. The Hall–Kier alpha value is -0.810. The number of amides is 2. The van der Waals surface area contributed by atoms with Crippen LogP contribution in [0.4, 0.5) is 0 Å². The van der Waals surface area contributed by atoms with Crippen LogP contribution in [0.1, 0.15) is 71.6 Å². The molecule has 0 atom stereocenters. The number of nitrogens with two attached hydrogens (primary N) is 1. The molecule has 2 rings (SSSR count). The molecular formula is C18H34ClN3O2. The van der Waals surface area contributed by atoms with Crippen molar-refractivity contribution in [1.29, 1.82) is 0 Å². The van der Waals surface area contributed by atoms with Crippen LogP contribution >= 0.6 is 12.4 Å². The smallest absolute Gasteiger partial charge is 0.223 e. The predicted octanol–water partition coefficient (Wildman–Crippen LogP) is 2.52. The van der Waals surface area contributed by atoms with Crippen LogP contribution in [-0.4, -0.2) is 29.9 Å². The molecule has 0 spiro atoms. The van der Waals surface area contributed by atoms with Crippen molar-refractivity contribution in [2.75, 3.05) is 6.54 Å². The van der Waals surface area contributed by atoms with Gasteiger partial charge in [-0.1, -0.05) is 12.8 Å². The summed E-state index contributed by atoms with van der Waals surface area (Å²) in [6.45, 7) is 4.32. The highest BCUT2D eigenvalue weighted by Gasteiger charge is 2.28. The van der Waals surface area contributed by atoms with Crippen molar-refractivity contribution in [3.8, 4) is 0 Å². The summed E-state index contributed by atoms with van der Waals surface area (Å²) in [6.07, 6.45) is 9.16. The molecule has 0 saturated heterocycles. The highest BCUT2D eigenvalue weighted by Crippen LogP contribution is 2.28. The van der Waals surface area contributed by atoms with Gasteiger partial charge in [0.15, 0.2) is 0 Å². The lowest BCUT2D eigenvalue weighted by atomic mass is 9.85. The zero-order valence-corrected chi connectivity index (χ0v) is 15.9. The van der Waals surface area contributed by atoms with E-state index in [1.807, 2.05) is 13.8 Å². The first kappa shape index (κ1) is 21.2. The number of carbonyl (C=O) groups excluding carboxylic acids is 2. The first-order chi connectivity index (χ1) is 10.8. The minimum Gasteiger partial charge on any atom is -0.354 e. The van der Waals surface area contributed by atoms with Gasteiger partial charge in [-0.3, -0.25) is 9.59 Å². The maximum Gasteiger partial charge on any atom is 0.223 e. The molecular weight excluding hydrogens is 326 g/mol. The van der Waals surface area contributed by atoms with E-state index in [0.717, 1.165) is 25.7 Å². The average Bonchev–Trinajstić information content (AvgIpc) is 2.97. The molecule has 2 aliphatic carbocycles. The standard InChI is InChI=1S/C18H33N3O2.ClH/c1-18(2,19)12-20-17(23)14-7-9-15(10-8-14)21-16(22)11-13-5-3-4-6-13;/h13-15H,3-12,19H2,1-2H3,(H,20,23)(H,21,22);1H. The zero-order chi connectivity index (χ0) is 16.9. The first-order valence-corrected chi connectivity index (χ1v) is 9.19. The summed E-state index contributed by atoms with van der Waals surface area (Å²) in [5.74, 6) is 0.978. The lowest BCUT2D eigenvalue weighted by Crippen LogP contribution is -2.47. The Bertz CT molecular complexity index is 409. The molecule has 0 aromatic carbocycles. The summed E-state index contributed by atoms with van der Waals surface area (Å²) < 4.78 is 0. The third-order valence-corrected chi connectivity index (χ3v) is 5.13. The molecule has 0 bridgehead atoms. The van der Waals surface area contributed by atoms with Crippen LogP contribution < -0.4 is 16.4 Å². The van der Waals surface area contributed by atoms with Gasteiger partial charge in [0.1, 0.15) is 0 Å². The molecule has 0 radical (unpaired) electrons. The van der Waals surface area contributed by atoms with Crippen molar-refractivity contribution >= 4 is 24.2 Å². The van der Waals surface area contributed by atoms with E-state index in [2.05, 4.69) is 10.6 Å². The fourth-order valence-electron chi connectivity index (χ4n) is 3.72. The number of rotatable bonds is 6. The topological polar surface area (TPSA) is 84.2 Å². The maximum atomic E-state index is 12.1. The minimum atomic E-state index is -0.374. The highest BCUT2D eigenvalue weighted by atomic mass is 35.5. The summed E-state index contributed by atoms with van der Waals surface area (Å²) in [5, 5.41) is 6.12. The molecule has 0 aliphatic heterocycles. The van der Waals surface area contributed by atoms with Gasteiger partial charge in [-0.15, -0.1) is 12.4 Å². The van der Waals surface area contributed by atoms with Gasteiger partial charge >= 0.3 is 0 Å². The van der Waals surface area contributed by atoms with Gasteiger partial charge in [0.25, 0.3) is 0 Å². The molecule has 5 nitrogen and oxygen atoms in total. The van der Waals surface area contributed by atoms with E-state index in [4.69, 9.17) is 5.73 Å². The molecule has 140 valence electrons. The molecule has 0 heterocycles. The molecule has 0 aromatic rings. The molecule has 0 unspecified atom stereocenters. The summed E-state index contributed by atoms with van der Waals surface area (Å²) in [6, 6.07) is 0.249. The van der Waals surface area contributed by atoms with E-state index >= 15 is 0 Å². The second-order valence-electron chi connectivity index (χ2n) is 8.18. The van der Waals surface area contributed by atoms with Gasteiger partial charge in [-0.25, -0.2) is 0 Å². The molecule has 2 aliphatic rings. The van der Waals surface area contributed by atoms with Crippen LogP contribution in [0.2, 0.25) is 0 Å². The third kappa shape index (κ3) is 7.39. The van der Waals surface area contributed by atoms with Crippen molar-refractivity contribution in [2.45, 2.75) is 83.2 Å². The number of carbonyl (C=O) groups is 2. The SMILES string of the molecule is CC(C)(N)CNC(=O)C1CCC(NC(=O)CC2CCCC2)CC1.Cl. The van der Waals surface area contributed by atoms with E-state index < -0.39 is 0 Å². The Labute approximate surface area is 152 Å². The molecule has 0 aromatic heterocycles. The largest absolute Gasteiger partial charge is 0.354 e. The maximum absolute atomic E-state index is 12.1. The van der Waals surface area contributed by atoms with Crippen molar-refractivity contribution in [2.24, 2.45) is 17.6 Å². The van der Waals surface area contributed by atoms with E-state index in [9.17, 15) is 9.59 Å². The first-order valence-electron chi connectivity index (χ1n) is 9.19. The molecule has 2 amide bonds. The van der Waals surface area contributed by atoms with E-state index in [1.54, 1.807) is 0 Å². The summed E-state index contributed by atoms with van der Waals surface area (Å²) in [7, 11) is 0. The Morgan fingerprint density at radius 1 is 1.04 bits per heavy atom. The van der Waals surface area contributed by atoms with Crippen LogP contribution in [0.15, 0.2) is 0 Å². The van der Waals surface area contributed by atoms with E-state index in [1.165, 1.54) is 25.7 Å². The average molecular weight is 360 g/mol. The van der Waals surface area contributed by atoms with Gasteiger partial charge in [-0.05, 0) is 58.3 Å². The van der Waals surface area contributed by atoms with E-state index in [0.29, 0.717) is 18.9 Å². The van der Waals surface area contributed by atoms with Gasteiger partial charge in [0, 0.05) is 30.5 Å². The lowest BCUT2D eigenvalue weighted by molar-refractivity contribution is -0.126. The molecule has 4 N–H and O–H groups in total. The molecule has 2 saturated carbocycles. The lowest BCUT2D eigenvalue weighted by Gasteiger charge is -2.29. The van der Waals surface area contributed by atoms with Gasteiger partial charge in [-0.2, -0.15) is 0 Å². The second kappa shape index (κ2) is 9.62. The van der Waals surface area contributed by atoms with Crippen LogP contribution in [0.3, 0.4) is 0 Å². The Balaban J connectivity index is 0.00000288. The van der Waals surface area contributed by atoms with Crippen molar-refractivity contribution in [3.63, 3.8) is 0 Å². The molecule has 24 heavy (non-hydrogen) atoms. The van der Waals surface area contributed by atoms with Gasteiger partial charge < -0.3 is 16.4 Å². The quantitative estimate of drug-likeness (QED) is 0.681. The zero-order valence-electron chi connectivity index (χ0n) is 15.1. The van der Waals surface area contributed by atoms with Crippen molar-refractivity contribution in [1.82, 2.24) is 10.6 Å². The normalized spacial score (nSPS) is 25.0. The number of hydrogen-bond acceptors (Lipinski definition) is 3. The highest BCUT2D eigenvalue weighted by molar-refractivity contribution is 5.85. The fraction of sp³-hybridized carbons (Fsp3) is 0.889. The van der Waals surface area contributed by atoms with Crippen LogP contribution in [0.25, 0.3) is 0 Å². The number of hydrogen-bond donors (Lipinski definition) is 3. The minimum absolute atomic E-state index is 0. The Morgan fingerprint density at radius 3 is 2.17 bits per heavy atom. The monoisotopic (exact) mass is 359 g/mol. The Kier molecular flexibility index (Phi) is 8.51. The van der Waals surface area contributed by atoms with Crippen LogP contribution in [-0.2, 0) is 9.59 Å². The number of halogens is 1. The van der Waals surface area contributed by atoms with Crippen LogP contribution in [0.5, 0.6) is 0 Å². The Morgan fingerprint density at radius 2 is 1.62 bits per heavy atom. The summed E-state index contributed by atoms with van der Waals surface area (Å²) >= 11 is 0. The van der Waals surface area contributed by atoms with E-state index in [-0.39, 0.29) is 41.7 Å². The fourth-order valence-corrected chi connectivity index (χ4v) is 3.72.